The largest absolute Gasteiger partial charge is 0.496 e. The van der Waals surface area contributed by atoms with E-state index in [2.05, 4.69) is 15.9 Å². The van der Waals surface area contributed by atoms with Crippen LogP contribution in [0.15, 0.2) is 40.9 Å². The fourth-order valence-electron chi connectivity index (χ4n) is 1.94. The topological polar surface area (TPSA) is 68.3 Å². The second-order valence-corrected chi connectivity index (χ2v) is 5.55. The van der Waals surface area contributed by atoms with Gasteiger partial charge in [-0.1, -0.05) is 22.0 Å². The summed E-state index contributed by atoms with van der Waals surface area (Å²) in [4.78, 5) is 0. The van der Waals surface area contributed by atoms with Crippen LogP contribution in [0.25, 0.3) is 0 Å². The van der Waals surface area contributed by atoms with Crippen LogP contribution in [-0.2, 0) is 6.61 Å². The van der Waals surface area contributed by atoms with E-state index in [0.29, 0.717) is 17.9 Å². The van der Waals surface area contributed by atoms with Gasteiger partial charge in [-0.05, 0) is 42.8 Å². The zero-order valence-corrected chi connectivity index (χ0v) is 13.5. The Morgan fingerprint density at radius 1 is 1.19 bits per heavy atom. The van der Waals surface area contributed by atoms with Crippen LogP contribution >= 0.6 is 15.9 Å². The Hall–Kier alpha value is -2.01. The van der Waals surface area contributed by atoms with Crippen LogP contribution in [0.5, 0.6) is 11.5 Å². The van der Waals surface area contributed by atoms with Crippen LogP contribution in [0.2, 0.25) is 0 Å². The Bertz CT molecular complexity index is 671. The third kappa shape index (κ3) is 3.76. The van der Waals surface area contributed by atoms with Crippen molar-refractivity contribution in [3.63, 3.8) is 0 Å². The zero-order chi connectivity index (χ0) is 15.4. The minimum absolute atomic E-state index is 0.0255. The van der Waals surface area contributed by atoms with E-state index >= 15 is 0 Å². The third-order valence-electron chi connectivity index (χ3n) is 3.12. The standard InChI is InChI=1S/C16H17BrN2O2/c1-10-3-5-13(17)8-15(10)21-9-12-7-11(16(18)19)4-6-14(12)20-2/h3-8H,9H2,1-2H3,(H3,18,19). The monoisotopic (exact) mass is 348 g/mol. The molecule has 5 heteroatoms. The molecule has 0 bridgehead atoms. The van der Waals surface area contributed by atoms with E-state index in [0.717, 1.165) is 21.3 Å². The van der Waals surface area contributed by atoms with Crippen molar-refractivity contribution in [1.82, 2.24) is 0 Å². The van der Waals surface area contributed by atoms with Crippen LogP contribution in [0.3, 0.4) is 0 Å². The number of nitrogen functional groups attached to an aromatic ring is 1. The number of hydrogen-bond acceptors (Lipinski definition) is 3. The molecule has 0 aliphatic rings. The summed E-state index contributed by atoms with van der Waals surface area (Å²) in [6.45, 7) is 2.34. The van der Waals surface area contributed by atoms with Crippen LogP contribution < -0.4 is 15.2 Å². The van der Waals surface area contributed by atoms with Gasteiger partial charge in [0, 0.05) is 15.6 Å². The van der Waals surface area contributed by atoms with Gasteiger partial charge in [-0.25, -0.2) is 0 Å². The molecular formula is C16H17BrN2O2. The Balaban J connectivity index is 2.24. The lowest BCUT2D eigenvalue weighted by atomic mass is 10.1. The molecule has 0 saturated carbocycles. The summed E-state index contributed by atoms with van der Waals surface area (Å²) in [5, 5.41) is 7.51. The minimum atomic E-state index is 0.0255. The van der Waals surface area contributed by atoms with Gasteiger partial charge in [0.1, 0.15) is 23.9 Å². The van der Waals surface area contributed by atoms with E-state index in [9.17, 15) is 0 Å². The zero-order valence-electron chi connectivity index (χ0n) is 11.9. The highest BCUT2D eigenvalue weighted by Crippen LogP contribution is 2.26. The van der Waals surface area contributed by atoms with Crippen molar-refractivity contribution in [2.24, 2.45) is 5.73 Å². The Morgan fingerprint density at radius 3 is 2.62 bits per heavy atom. The summed E-state index contributed by atoms with van der Waals surface area (Å²) in [6, 6.07) is 11.3. The lowest BCUT2D eigenvalue weighted by molar-refractivity contribution is 0.294. The average Bonchev–Trinajstić information content (AvgIpc) is 2.47. The molecule has 0 spiro atoms. The van der Waals surface area contributed by atoms with Crippen LogP contribution in [0.1, 0.15) is 16.7 Å². The van der Waals surface area contributed by atoms with Gasteiger partial charge in [0.15, 0.2) is 0 Å². The van der Waals surface area contributed by atoms with Crippen molar-refractivity contribution >= 4 is 21.8 Å². The number of ether oxygens (including phenoxy) is 2. The van der Waals surface area contributed by atoms with Gasteiger partial charge in [-0.2, -0.15) is 0 Å². The van der Waals surface area contributed by atoms with E-state index in [1.807, 2.05) is 31.2 Å². The summed E-state index contributed by atoms with van der Waals surface area (Å²) in [6.07, 6.45) is 0. The first kappa shape index (κ1) is 15.4. The van der Waals surface area contributed by atoms with Gasteiger partial charge >= 0.3 is 0 Å². The molecule has 0 saturated heterocycles. The van der Waals surface area contributed by atoms with Crippen molar-refractivity contribution in [3.8, 4) is 11.5 Å². The predicted molar refractivity (Wildman–Crippen MR) is 87.2 cm³/mol. The van der Waals surface area contributed by atoms with Crippen molar-refractivity contribution in [2.75, 3.05) is 7.11 Å². The molecule has 0 aliphatic carbocycles. The fourth-order valence-corrected chi connectivity index (χ4v) is 2.28. The molecule has 0 unspecified atom stereocenters. The second-order valence-electron chi connectivity index (χ2n) is 4.64. The molecule has 0 heterocycles. The van der Waals surface area contributed by atoms with Gasteiger partial charge in [0.05, 0.1) is 7.11 Å². The number of halogens is 1. The molecule has 0 aliphatic heterocycles. The summed E-state index contributed by atoms with van der Waals surface area (Å²) in [7, 11) is 1.61. The quantitative estimate of drug-likeness (QED) is 0.640. The molecule has 0 fully saturated rings. The van der Waals surface area contributed by atoms with Crippen LogP contribution in [-0.4, -0.2) is 12.9 Å². The highest BCUT2D eigenvalue weighted by Gasteiger charge is 2.08. The van der Waals surface area contributed by atoms with E-state index in [1.54, 1.807) is 19.2 Å². The fraction of sp³-hybridized carbons (Fsp3) is 0.188. The number of aryl methyl sites for hydroxylation is 1. The number of hydrogen-bond donors (Lipinski definition) is 2. The van der Waals surface area contributed by atoms with Crippen LogP contribution in [0, 0.1) is 12.3 Å². The Morgan fingerprint density at radius 2 is 1.95 bits per heavy atom. The van der Waals surface area contributed by atoms with Crippen molar-refractivity contribution < 1.29 is 9.47 Å². The number of benzene rings is 2. The summed E-state index contributed by atoms with van der Waals surface area (Å²) in [5.41, 5.74) is 8.08. The van der Waals surface area contributed by atoms with Crippen molar-refractivity contribution in [3.05, 3.63) is 57.6 Å². The van der Waals surface area contributed by atoms with E-state index < -0.39 is 0 Å². The molecular weight excluding hydrogens is 332 g/mol. The average molecular weight is 349 g/mol. The number of nitrogens with one attached hydrogen (secondary N) is 1. The molecule has 2 aromatic carbocycles. The molecule has 21 heavy (non-hydrogen) atoms. The second kappa shape index (κ2) is 6.63. The van der Waals surface area contributed by atoms with Gasteiger partial charge in [0.25, 0.3) is 0 Å². The molecule has 0 amide bonds. The van der Waals surface area contributed by atoms with Crippen LogP contribution in [0.4, 0.5) is 0 Å². The predicted octanol–water partition coefficient (Wildman–Crippen LogP) is 3.63. The molecule has 3 N–H and O–H groups in total. The highest BCUT2D eigenvalue weighted by atomic mass is 79.9. The minimum Gasteiger partial charge on any atom is -0.496 e. The summed E-state index contributed by atoms with van der Waals surface area (Å²) < 4.78 is 12.1. The molecule has 4 nitrogen and oxygen atoms in total. The van der Waals surface area contributed by atoms with Gasteiger partial charge < -0.3 is 15.2 Å². The maximum Gasteiger partial charge on any atom is 0.125 e. The number of amidine groups is 1. The van der Waals surface area contributed by atoms with Crippen molar-refractivity contribution in [2.45, 2.75) is 13.5 Å². The SMILES string of the molecule is COc1ccc(C(=N)N)cc1COc1cc(Br)ccc1C. The van der Waals surface area contributed by atoms with Gasteiger partial charge in [-0.15, -0.1) is 0 Å². The first-order valence-corrected chi connectivity index (χ1v) is 7.21. The maximum absolute atomic E-state index is 7.51. The smallest absolute Gasteiger partial charge is 0.125 e. The normalized spacial score (nSPS) is 10.2. The Kier molecular flexibility index (Phi) is 4.85. The first-order chi connectivity index (χ1) is 10.0. The molecule has 0 atom stereocenters. The number of rotatable bonds is 5. The van der Waals surface area contributed by atoms with E-state index in [4.69, 9.17) is 20.6 Å². The number of nitrogens with two attached hydrogens (primary N) is 1. The third-order valence-corrected chi connectivity index (χ3v) is 3.62. The lowest BCUT2D eigenvalue weighted by Crippen LogP contribution is -2.12. The Labute approximate surface area is 132 Å². The van der Waals surface area contributed by atoms with Gasteiger partial charge in [-0.3, -0.25) is 5.41 Å². The maximum atomic E-state index is 7.51. The molecule has 2 rings (SSSR count). The van der Waals surface area contributed by atoms with E-state index in [-0.39, 0.29) is 5.84 Å². The molecule has 2 aromatic rings. The van der Waals surface area contributed by atoms with Gasteiger partial charge in [0.2, 0.25) is 0 Å². The molecule has 110 valence electrons. The highest BCUT2D eigenvalue weighted by molar-refractivity contribution is 9.10. The molecule has 0 radical (unpaired) electrons. The lowest BCUT2D eigenvalue weighted by Gasteiger charge is -2.13. The summed E-state index contributed by atoms with van der Waals surface area (Å²) in [5.74, 6) is 1.55. The molecule has 0 aromatic heterocycles. The number of methoxy groups -OCH3 is 1. The van der Waals surface area contributed by atoms with E-state index in [1.165, 1.54) is 0 Å². The summed E-state index contributed by atoms with van der Waals surface area (Å²) >= 11 is 3.43. The van der Waals surface area contributed by atoms with Crippen molar-refractivity contribution in [1.29, 1.82) is 5.41 Å². The first-order valence-electron chi connectivity index (χ1n) is 6.41.